The van der Waals surface area contributed by atoms with Crippen molar-refractivity contribution in [3.8, 4) is 11.3 Å². The van der Waals surface area contributed by atoms with Crippen molar-refractivity contribution in [2.45, 2.75) is 26.2 Å². The van der Waals surface area contributed by atoms with Crippen LogP contribution in [0.1, 0.15) is 24.1 Å². The number of benzene rings is 1. The second-order valence-corrected chi connectivity index (χ2v) is 7.16. The molecule has 1 heterocycles. The van der Waals surface area contributed by atoms with Crippen LogP contribution in [0.5, 0.6) is 0 Å². The molecule has 1 aliphatic carbocycles. The van der Waals surface area contributed by atoms with E-state index in [4.69, 9.17) is 5.73 Å². The van der Waals surface area contributed by atoms with Gasteiger partial charge < -0.3 is 11.1 Å². The first kappa shape index (κ1) is 18.8. The molecule has 1 aromatic carbocycles. The molecule has 0 radical (unpaired) electrons. The normalized spacial score (nSPS) is 19.8. The number of nitrogens with one attached hydrogen (secondary N) is 1. The highest BCUT2D eigenvalue weighted by Gasteiger charge is 2.32. The standard InChI is InChI=1S/C17H20FN3OS.ClH/c1-10-15(11-5-7-13(18)8-6-11)20-17(23-10)21-16(22)14-4-2-3-12(14)9-19;/h5-8,12,14H,2-4,9,19H2,1H3,(H,20,21,22);1H/t12-,14-;/m1./s1. The summed E-state index contributed by atoms with van der Waals surface area (Å²) in [4.78, 5) is 17.9. The zero-order chi connectivity index (χ0) is 16.4. The van der Waals surface area contributed by atoms with Crippen LogP contribution in [0.3, 0.4) is 0 Å². The maximum atomic E-state index is 13.0. The Hall–Kier alpha value is -1.50. The van der Waals surface area contributed by atoms with Crippen molar-refractivity contribution in [2.24, 2.45) is 17.6 Å². The van der Waals surface area contributed by atoms with Crippen LogP contribution in [0.4, 0.5) is 9.52 Å². The molecule has 4 nitrogen and oxygen atoms in total. The molecule has 1 aliphatic rings. The minimum atomic E-state index is -0.274. The lowest BCUT2D eigenvalue weighted by atomic mass is 9.95. The first-order valence-electron chi connectivity index (χ1n) is 7.82. The van der Waals surface area contributed by atoms with Gasteiger partial charge in [-0.05, 0) is 56.5 Å². The number of halogens is 2. The Morgan fingerprint density at radius 3 is 2.75 bits per heavy atom. The van der Waals surface area contributed by atoms with Crippen molar-refractivity contribution >= 4 is 34.8 Å². The summed E-state index contributed by atoms with van der Waals surface area (Å²) in [5, 5.41) is 3.52. The van der Waals surface area contributed by atoms with Gasteiger partial charge in [-0.25, -0.2) is 9.37 Å². The molecule has 130 valence electrons. The van der Waals surface area contributed by atoms with Gasteiger partial charge in [-0.2, -0.15) is 0 Å². The molecule has 2 aromatic rings. The number of thiazole rings is 1. The van der Waals surface area contributed by atoms with E-state index in [1.54, 1.807) is 12.1 Å². The smallest absolute Gasteiger partial charge is 0.229 e. The maximum absolute atomic E-state index is 13.0. The lowest BCUT2D eigenvalue weighted by Crippen LogP contribution is -2.29. The quantitative estimate of drug-likeness (QED) is 0.856. The Morgan fingerprint density at radius 1 is 1.38 bits per heavy atom. The van der Waals surface area contributed by atoms with E-state index in [0.29, 0.717) is 11.7 Å². The van der Waals surface area contributed by atoms with Crippen LogP contribution in [-0.2, 0) is 4.79 Å². The molecule has 0 unspecified atom stereocenters. The molecule has 3 rings (SSSR count). The maximum Gasteiger partial charge on any atom is 0.229 e. The van der Waals surface area contributed by atoms with E-state index >= 15 is 0 Å². The van der Waals surface area contributed by atoms with Crippen LogP contribution in [0.2, 0.25) is 0 Å². The van der Waals surface area contributed by atoms with E-state index in [9.17, 15) is 9.18 Å². The highest BCUT2D eigenvalue weighted by Crippen LogP contribution is 2.34. The molecule has 0 spiro atoms. The summed E-state index contributed by atoms with van der Waals surface area (Å²) in [5.74, 6) is -0.00678. The number of rotatable bonds is 4. The predicted octanol–water partition coefficient (Wildman–Crippen LogP) is 3.99. The van der Waals surface area contributed by atoms with Gasteiger partial charge in [0.2, 0.25) is 5.91 Å². The summed E-state index contributed by atoms with van der Waals surface area (Å²) in [6, 6.07) is 6.22. The number of nitrogens with zero attached hydrogens (tertiary/aromatic N) is 1. The number of anilines is 1. The summed E-state index contributed by atoms with van der Waals surface area (Å²) in [6.07, 6.45) is 2.97. The van der Waals surface area contributed by atoms with Crippen LogP contribution in [0.15, 0.2) is 24.3 Å². The summed E-state index contributed by atoms with van der Waals surface area (Å²) in [5.41, 5.74) is 7.38. The fraction of sp³-hybridized carbons (Fsp3) is 0.412. The molecule has 1 fully saturated rings. The van der Waals surface area contributed by atoms with Crippen molar-refractivity contribution in [1.82, 2.24) is 4.98 Å². The second kappa shape index (κ2) is 8.05. The first-order chi connectivity index (χ1) is 11.1. The summed E-state index contributed by atoms with van der Waals surface area (Å²) in [7, 11) is 0. The lowest BCUT2D eigenvalue weighted by molar-refractivity contribution is -0.120. The predicted molar refractivity (Wildman–Crippen MR) is 98.0 cm³/mol. The molecular formula is C17H21ClFN3OS. The summed E-state index contributed by atoms with van der Waals surface area (Å²) < 4.78 is 13.0. The van der Waals surface area contributed by atoms with Gasteiger partial charge in [0, 0.05) is 16.4 Å². The molecule has 24 heavy (non-hydrogen) atoms. The SMILES string of the molecule is Cc1sc(NC(=O)[C@@H]2CCC[C@@H]2CN)nc1-c1ccc(F)cc1.Cl. The van der Waals surface area contributed by atoms with E-state index in [-0.39, 0.29) is 36.0 Å². The average Bonchev–Trinajstić information content (AvgIpc) is 3.14. The number of amides is 1. The van der Waals surface area contributed by atoms with Crippen molar-refractivity contribution in [1.29, 1.82) is 0 Å². The zero-order valence-corrected chi connectivity index (χ0v) is 15.1. The van der Waals surface area contributed by atoms with E-state index in [1.807, 2.05) is 6.92 Å². The molecule has 0 aliphatic heterocycles. The number of aryl methyl sites for hydroxylation is 1. The molecule has 1 amide bonds. The number of nitrogens with two attached hydrogens (primary N) is 1. The van der Waals surface area contributed by atoms with Crippen LogP contribution in [0, 0.1) is 24.6 Å². The van der Waals surface area contributed by atoms with Gasteiger partial charge in [-0.3, -0.25) is 4.79 Å². The minimum Gasteiger partial charge on any atom is -0.330 e. The van der Waals surface area contributed by atoms with Crippen molar-refractivity contribution in [3.05, 3.63) is 35.0 Å². The van der Waals surface area contributed by atoms with E-state index < -0.39 is 0 Å². The van der Waals surface area contributed by atoms with Gasteiger partial charge >= 0.3 is 0 Å². The molecule has 0 saturated heterocycles. The molecule has 2 atom stereocenters. The molecule has 1 aromatic heterocycles. The van der Waals surface area contributed by atoms with Gasteiger partial charge in [-0.15, -0.1) is 23.7 Å². The fourth-order valence-corrected chi connectivity index (χ4v) is 4.03. The highest BCUT2D eigenvalue weighted by molar-refractivity contribution is 7.16. The molecule has 3 N–H and O–H groups in total. The van der Waals surface area contributed by atoms with Crippen molar-refractivity contribution in [2.75, 3.05) is 11.9 Å². The Labute approximate surface area is 151 Å². The van der Waals surface area contributed by atoms with Crippen LogP contribution in [-0.4, -0.2) is 17.4 Å². The fourth-order valence-electron chi connectivity index (χ4n) is 3.19. The third-order valence-corrected chi connectivity index (χ3v) is 5.33. The monoisotopic (exact) mass is 369 g/mol. The van der Waals surface area contributed by atoms with Gasteiger partial charge in [-0.1, -0.05) is 6.42 Å². The Kier molecular flexibility index (Phi) is 6.32. The molecule has 7 heteroatoms. The van der Waals surface area contributed by atoms with Gasteiger partial charge in [0.15, 0.2) is 5.13 Å². The summed E-state index contributed by atoms with van der Waals surface area (Å²) in [6.45, 7) is 2.50. The van der Waals surface area contributed by atoms with E-state index in [0.717, 1.165) is 35.4 Å². The minimum absolute atomic E-state index is 0. The highest BCUT2D eigenvalue weighted by atomic mass is 35.5. The number of aromatic nitrogens is 1. The van der Waals surface area contributed by atoms with E-state index in [2.05, 4.69) is 10.3 Å². The first-order valence-corrected chi connectivity index (χ1v) is 8.64. The molecule has 1 saturated carbocycles. The van der Waals surface area contributed by atoms with Crippen LogP contribution >= 0.6 is 23.7 Å². The van der Waals surface area contributed by atoms with Crippen LogP contribution < -0.4 is 11.1 Å². The number of hydrogen-bond donors (Lipinski definition) is 2. The molecule has 0 bridgehead atoms. The zero-order valence-electron chi connectivity index (χ0n) is 13.4. The van der Waals surface area contributed by atoms with Crippen LogP contribution in [0.25, 0.3) is 11.3 Å². The number of carbonyl (C=O) groups excluding carboxylic acids is 1. The van der Waals surface area contributed by atoms with Gasteiger partial charge in [0.1, 0.15) is 5.82 Å². The van der Waals surface area contributed by atoms with Crippen molar-refractivity contribution in [3.63, 3.8) is 0 Å². The largest absolute Gasteiger partial charge is 0.330 e. The third-order valence-electron chi connectivity index (χ3n) is 4.44. The number of hydrogen-bond acceptors (Lipinski definition) is 4. The second-order valence-electron chi connectivity index (χ2n) is 5.95. The van der Waals surface area contributed by atoms with Crippen molar-refractivity contribution < 1.29 is 9.18 Å². The molecular weight excluding hydrogens is 349 g/mol. The van der Waals surface area contributed by atoms with Gasteiger partial charge in [0.05, 0.1) is 5.69 Å². The van der Waals surface area contributed by atoms with E-state index in [1.165, 1.54) is 23.5 Å². The number of carbonyl (C=O) groups is 1. The Morgan fingerprint density at radius 2 is 2.08 bits per heavy atom. The third kappa shape index (κ3) is 3.94. The summed E-state index contributed by atoms with van der Waals surface area (Å²) >= 11 is 1.44. The Balaban J connectivity index is 0.00000208. The average molecular weight is 370 g/mol. The lowest BCUT2D eigenvalue weighted by Gasteiger charge is -2.16. The van der Waals surface area contributed by atoms with Gasteiger partial charge in [0.25, 0.3) is 0 Å². The topological polar surface area (TPSA) is 68.0 Å². The Bertz CT molecular complexity index is 704.